The summed E-state index contributed by atoms with van der Waals surface area (Å²) in [5.74, 6) is 0.476. The summed E-state index contributed by atoms with van der Waals surface area (Å²) in [5.41, 5.74) is 8.43. The van der Waals surface area contributed by atoms with E-state index in [0.29, 0.717) is 32.2 Å². The molecule has 0 atom stereocenters. The summed E-state index contributed by atoms with van der Waals surface area (Å²) in [6.07, 6.45) is 2.33. The highest BCUT2D eigenvalue weighted by atomic mass is 16.6. The van der Waals surface area contributed by atoms with Crippen LogP contribution in [0.25, 0.3) is 0 Å². The average molecular weight is 361 g/mol. The number of hydrogen-bond donors (Lipinski definition) is 2. The van der Waals surface area contributed by atoms with Gasteiger partial charge in [-0.25, -0.2) is 4.79 Å². The number of likely N-dealkylation sites (tertiary alicyclic amines) is 1. The molecule has 0 saturated carbocycles. The van der Waals surface area contributed by atoms with Crippen LogP contribution in [0.4, 0.5) is 10.5 Å². The van der Waals surface area contributed by atoms with E-state index in [9.17, 15) is 4.79 Å². The Hall–Kier alpha value is -2.44. The number of carbonyl (C=O) groups excluding carboxylic acids is 1. The van der Waals surface area contributed by atoms with Gasteiger partial charge >= 0.3 is 6.09 Å². The Bertz CT molecular complexity index is 592. The molecule has 1 fully saturated rings. The van der Waals surface area contributed by atoms with E-state index in [4.69, 9.17) is 10.5 Å². The average Bonchev–Trinajstić information content (AvgIpc) is 2.63. The van der Waals surface area contributed by atoms with Crippen molar-refractivity contribution in [2.75, 3.05) is 45.2 Å². The molecular weight excluding hydrogens is 330 g/mol. The quantitative estimate of drug-likeness (QED) is 0.596. The van der Waals surface area contributed by atoms with E-state index in [1.165, 1.54) is 11.3 Å². The maximum Gasteiger partial charge on any atom is 0.409 e. The number of amides is 1. The van der Waals surface area contributed by atoms with E-state index in [-0.39, 0.29) is 12.1 Å². The highest BCUT2D eigenvalue weighted by Gasteiger charge is 2.23. The lowest BCUT2D eigenvalue weighted by molar-refractivity contribution is 0.0963. The van der Waals surface area contributed by atoms with Crippen molar-refractivity contribution < 1.29 is 9.53 Å². The summed E-state index contributed by atoms with van der Waals surface area (Å²) in [5, 5.41) is 3.26. The number of carbonyl (C=O) groups is 1. The maximum absolute atomic E-state index is 11.7. The topological polar surface area (TPSA) is 83.2 Å². The smallest absolute Gasteiger partial charge is 0.409 e. The lowest BCUT2D eigenvalue weighted by atomic mass is 10.1. The van der Waals surface area contributed by atoms with Crippen LogP contribution in [0.3, 0.4) is 0 Å². The van der Waals surface area contributed by atoms with Gasteiger partial charge in [0.05, 0.1) is 6.61 Å². The molecule has 0 aromatic heterocycles. The summed E-state index contributed by atoms with van der Waals surface area (Å²) < 4.78 is 5.03. The van der Waals surface area contributed by atoms with Crippen molar-refractivity contribution in [1.82, 2.24) is 10.2 Å². The molecule has 0 bridgehead atoms. The first-order valence-corrected chi connectivity index (χ1v) is 9.24. The molecule has 7 heteroatoms. The van der Waals surface area contributed by atoms with Crippen LogP contribution in [0, 0.1) is 0 Å². The van der Waals surface area contributed by atoms with Crippen molar-refractivity contribution >= 4 is 17.7 Å². The van der Waals surface area contributed by atoms with Gasteiger partial charge in [-0.3, -0.25) is 4.99 Å². The number of ether oxygens (including phenoxy) is 1. The Morgan fingerprint density at radius 3 is 2.54 bits per heavy atom. The molecule has 0 radical (unpaired) electrons. The van der Waals surface area contributed by atoms with Crippen molar-refractivity contribution in [3.05, 3.63) is 29.8 Å². The van der Waals surface area contributed by atoms with E-state index >= 15 is 0 Å². The fourth-order valence-electron chi connectivity index (χ4n) is 2.94. The Kier molecular flexibility index (Phi) is 7.56. The summed E-state index contributed by atoms with van der Waals surface area (Å²) in [6.45, 7) is 4.25. The van der Waals surface area contributed by atoms with Crippen LogP contribution in [0.5, 0.6) is 0 Å². The summed E-state index contributed by atoms with van der Waals surface area (Å²) in [4.78, 5) is 19.9. The molecule has 144 valence electrons. The minimum atomic E-state index is -0.229. The first kappa shape index (κ1) is 19.9. The molecule has 1 saturated heterocycles. The molecule has 1 amide bonds. The first-order valence-electron chi connectivity index (χ1n) is 9.24. The molecule has 1 aromatic carbocycles. The van der Waals surface area contributed by atoms with Crippen molar-refractivity contribution in [3.63, 3.8) is 0 Å². The van der Waals surface area contributed by atoms with Crippen LogP contribution in [0.15, 0.2) is 29.3 Å². The second-order valence-electron chi connectivity index (χ2n) is 6.68. The summed E-state index contributed by atoms with van der Waals surface area (Å²) in [6, 6.07) is 8.72. The van der Waals surface area contributed by atoms with E-state index in [1.807, 2.05) is 21.0 Å². The molecule has 0 aliphatic carbocycles. The highest BCUT2D eigenvalue weighted by molar-refractivity contribution is 5.78. The number of guanidine groups is 1. The van der Waals surface area contributed by atoms with E-state index in [2.05, 4.69) is 39.5 Å². The fourth-order valence-corrected chi connectivity index (χ4v) is 2.94. The van der Waals surface area contributed by atoms with Crippen LogP contribution in [-0.2, 0) is 11.2 Å². The Morgan fingerprint density at radius 1 is 1.31 bits per heavy atom. The minimum Gasteiger partial charge on any atom is -0.450 e. The lowest BCUT2D eigenvalue weighted by Crippen LogP contribution is -2.48. The van der Waals surface area contributed by atoms with E-state index < -0.39 is 0 Å². The Balaban J connectivity index is 1.71. The monoisotopic (exact) mass is 361 g/mol. The fraction of sp³-hybridized carbons (Fsp3) is 0.579. The van der Waals surface area contributed by atoms with Crippen molar-refractivity contribution in [2.45, 2.75) is 32.2 Å². The normalized spacial score (nSPS) is 15.7. The van der Waals surface area contributed by atoms with Crippen LogP contribution >= 0.6 is 0 Å². The van der Waals surface area contributed by atoms with E-state index in [0.717, 1.165) is 19.3 Å². The van der Waals surface area contributed by atoms with Gasteiger partial charge in [-0.1, -0.05) is 12.1 Å². The lowest BCUT2D eigenvalue weighted by Gasteiger charge is -2.31. The molecule has 1 heterocycles. The number of anilines is 1. The molecule has 26 heavy (non-hydrogen) atoms. The van der Waals surface area contributed by atoms with Gasteiger partial charge in [0.25, 0.3) is 0 Å². The minimum absolute atomic E-state index is 0.229. The molecule has 3 N–H and O–H groups in total. The predicted octanol–water partition coefficient (Wildman–Crippen LogP) is 1.82. The number of nitrogens with one attached hydrogen (secondary N) is 1. The predicted molar refractivity (Wildman–Crippen MR) is 106 cm³/mol. The Labute approximate surface area is 156 Å². The standard InChI is InChI=1S/C19H31N5O2/c1-4-26-19(25)24-13-10-16(11-14-24)22-18(20)21-12-9-15-5-7-17(8-6-15)23(2)3/h5-8,16H,4,9-14H2,1-3H3,(H3,20,21,22). The zero-order valence-electron chi connectivity index (χ0n) is 16.1. The maximum atomic E-state index is 11.7. The molecule has 1 aliphatic heterocycles. The van der Waals surface area contributed by atoms with Gasteiger partial charge in [-0.2, -0.15) is 0 Å². The van der Waals surface area contributed by atoms with Crippen molar-refractivity contribution in [2.24, 2.45) is 10.7 Å². The largest absolute Gasteiger partial charge is 0.450 e. The third kappa shape index (κ3) is 6.13. The van der Waals surface area contributed by atoms with Gasteiger partial charge in [-0.15, -0.1) is 0 Å². The van der Waals surface area contributed by atoms with Gasteiger partial charge in [0.2, 0.25) is 0 Å². The second kappa shape index (κ2) is 9.89. The molecule has 1 aliphatic rings. The zero-order chi connectivity index (χ0) is 18.9. The van der Waals surface area contributed by atoms with Crippen LogP contribution in [-0.4, -0.2) is 63.3 Å². The Morgan fingerprint density at radius 2 is 1.96 bits per heavy atom. The first-order chi connectivity index (χ1) is 12.5. The van der Waals surface area contributed by atoms with Gasteiger partial charge < -0.3 is 25.6 Å². The number of rotatable bonds is 6. The number of hydrogen-bond acceptors (Lipinski definition) is 4. The summed E-state index contributed by atoms with van der Waals surface area (Å²) in [7, 11) is 4.06. The third-order valence-electron chi connectivity index (χ3n) is 4.51. The van der Waals surface area contributed by atoms with Gasteiger partial charge in [-0.05, 0) is 43.9 Å². The molecule has 7 nitrogen and oxygen atoms in total. The van der Waals surface area contributed by atoms with Gasteiger partial charge in [0.15, 0.2) is 5.96 Å². The van der Waals surface area contributed by atoms with Gasteiger partial charge in [0, 0.05) is 45.5 Å². The molecule has 0 unspecified atom stereocenters. The van der Waals surface area contributed by atoms with Gasteiger partial charge in [0.1, 0.15) is 0 Å². The van der Waals surface area contributed by atoms with Crippen LogP contribution in [0.1, 0.15) is 25.3 Å². The molecule has 1 aromatic rings. The second-order valence-corrected chi connectivity index (χ2v) is 6.68. The number of piperidine rings is 1. The number of nitrogens with zero attached hydrogens (tertiary/aromatic N) is 3. The third-order valence-corrected chi connectivity index (χ3v) is 4.51. The summed E-state index contributed by atoms with van der Waals surface area (Å²) >= 11 is 0. The SMILES string of the molecule is CCOC(=O)N1CCC(NC(N)=NCCc2ccc(N(C)C)cc2)CC1. The molecule has 0 spiro atoms. The van der Waals surface area contributed by atoms with E-state index in [1.54, 1.807) is 4.90 Å². The van der Waals surface area contributed by atoms with Crippen LogP contribution < -0.4 is 16.0 Å². The highest BCUT2D eigenvalue weighted by Crippen LogP contribution is 2.13. The zero-order valence-corrected chi connectivity index (χ0v) is 16.1. The number of nitrogens with two attached hydrogens (primary N) is 1. The molecular formula is C19H31N5O2. The number of aliphatic imine (C=N–C) groups is 1. The van der Waals surface area contributed by atoms with Crippen molar-refractivity contribution in [1.29, 1.82) is 0 Å². The number of benzene rings is 1. The molecule has 2 rings (SSSR count). The van der Waals surface area contributed by atoms with Crippen molar-refractivity contribution in [3.8, 4) is 0 Å². The van der Waals surface area contributed by atoms with Crippen LogP contribution in [0.2, 0.25) is 0 Å².